The summed E-state index contributed by atoms with van der Waals surface area (Å²) in [6.45, 7) is 2.43. The van der Waals surface area contributed by atoms with Crippen LogP contribution in [0.15, 0.2) is 60.3 Å². The lowest BCUT2D eigenvalue weighted by Crippen LogP contribution is -2.26. The molecule has 0 aliphatic heterocycles. The quantitative estimate of drug-likeness (QED) is 0.553. The van der Waals surface area contributed by atoms with E-state index in [-0.39, 0.29) is 11.5 Å². The molecule has 2 aromatic carbocycles. The van der Waals surface area contributed by atoms with Crippen LogP contribution in [0.4, 0.5) is 0 Å². The number of amides is 1. The molecule has 0 spiro atoms. The molecule has 4 nitrogen and oxygen atoms in total. The molecule has 0 aliphatic carbocycles. The zero-order valence-electron chi connectivity index (χ0n) is 14.0. The van der Waals surface area contributed by atoms with Crippen LogP contribution in [0.25, 0.3) is 17.0 Å². The van der Waals surface area contributed by atoms with Crippen molar-refractivity contribution in [1.29, 1.82) is 5.26 Å². The number of aromatic amines is 1. The number of H-pyrrole nitrogens is 1. The average molecular weight is 329 g/mol. The van der Waals surface area contributed by atoms with E-state index in [0.29, 0.717) is 13.0 Å². The minimum absolute atomic E-state index is 0.119. The van der Waals surface area contributed by atoms with E-state index < -0.39 is 0 Å². The molecule has 1 heterocycles. The maximum atomic E-state index is 12.3. The summed E-state index contributed by atoms with van der Waals surface area (Å²) in [6, 6.07) is 17.7. The Hall–Kier alpha value is -3.32. The topological polar surface area (TPSA) is 68.7 Å². The Labute approximate surface area is 146 Å². The largest absolute Gasteiger partial charge is 0.361 e. The third-order valence-electron chi connectivity index (χ3n) is 4.21. The molecule has 0 saturated heterocycles. The first-order valence-corrected chi connectivity index (χ1v) is 8.19. The van der Waals surface area contributed by atoms with Gasteiger partial charge in [0.15, 0.2) is 0 Å². The predicted octanol–water partition coefficient (Wildman–Crippen LogP) is 3.74. The summed E-state index contributed by atoms with van der Waals surface area (Å²) in [5.41, 5.74) is 4.26. The SMILES string of the molecule is Cc1ccccc1/C=C(/C#N)C(=O)NCCc1c[nH]c2ccccc12. The van der Waals surface area contributed by atoms with Crippen molar-refractivity contribution in [3.8, 4) is 6.07 Å². The summed E-state index contributed by atoms with van der Waals surface area (Å²) < 4.78 is 0. The van der Waals surface area contributed by atoms with Gasteiger partial charge >= 0.3 is 0 Å². The fourth-order valence-electron chi connectivity index (χ4n) is 2.80. The number of rotatable bonds is 5. The number of hydrogen-bond donors (Lipinski definition) is 2. The fraction of sp³-hybridized carbons (Fsp3) is 0.143. The van der Waals surface area contributed by atoms with Gasteiger partial charge in [0.25, 0.3) is 5.91 Å². The Morgan fingerprint density at radius 1 is 1.20 bits per heavy atom. The zero-order valence-corrected chi connectivity index (χ0v) is 14.0. The van der Waals surface area contributed by atoms with Crippen LogP contribution in [0.5, 0.6) is 0 Å². The second-order valence-corrected chi connectivity index (χ2v) is 5.89. The highest BCUT2D eigenvalue weighted by atomic mass is 16.1. The molecule has 0 fully saturated rings. The van der Waals surface area contributed by atoms with Crippen LogP contribution < -0.4 is 5.32 Å². The van der Waals surface area contributed by atoms with E-state index in [0.717, 1.165) is 27.6 Å². The predicted molar refractivity (Wildman–Crippen MR) is 99.8 cm³/mol. The number of aryl methyl sites for hydroxylation is 1. The molecule has 1 aromatic heterocycles. The van der Waals surface area contributed by atoms with Gasteiger partial charge in [0.1, 0.15) is 11.6 Å². The molecule has 0 radical (unpaired) electrons. The highest BCUT2D eigenvalue weighted by Gasteiger charge is 2.10. The van der Waals surface area contributed by atoms with E-state index >= 15 is 0 Å². The lowest BCUT2D eigenvalue weighted by atomic mass is 10.1. The van der Waals surface area contributed by atoms with Crippen LogP contribution in [0.2, 0.25) is 0 Å². The molecule has 3 rings (SSSR count). The maximum absolute atomic E-state index is 12.3. The molecule has 124 valence electrons. The number of carbonyl (C=O) groups is 1. The second kappa shape index (κ2) is 7.50. The van der Waals surface area contributed by atoms with Crippen molar-refractivity contribution in [3.63, 3.8) is 0 Å². The normalized spacial score (nSPS) is 11.3. The first kappa shape index (κ1) is 16.5. The van der Waals surface area contributed by atoms with Crippen molar-refractivity contribution in [2.24, 2.45) is 0 Å². The number of para-hydroxylation sites is 1. The average Bonchev–Trinajstić information content (AvgIpc) is 3.04. The van der Waals surface area contributed by atoms with Crippen LogP contribution >= 0.6 is 0 Å². The van der Waals surface area contributed by atoms with E-state index in [1.807, 2.05) is 61.7 Å². The van der Waals surface area contributed by atoms with Gasteiger partial charge in [-0.05, 0) is 42.2 Å². The maximum Gasteiger partial charge on any atom is 0.261 e. The van der Waals surface area contributed by atoms with Gasteiger partial charge < -0.3 is 10.3 Å². The third kappa shape index (κ3) is 3.78. The zero-order chi connectivity index (χ0) is 17.6. The standard InChI is InChI=1S/C21H19N3O/c1-15-6-2-3-7-16(15)12-18(13-22)21(25)23-11-10-17-14-24-20-9-5-4-8-19(17)20/h2-9,12,14,24H,10-11H2,1H3,(H,23,25)/b18-12-. The number of carbonyl (C=O) groups excluding carboxylic acids is 1. The van der Waals surface area contributed by atoms with E-state index in [1.165, 1.54) is 0 Å². The number of benzene rings is 2. The highest BCUT2D eigenvalue weighted by Crippen LogP contribution is 2.17. The number of nitriles is 1. The van der Waals surface area contributed by atoms with Crippen LogP contribution in [-0.2, 0) is 11.2 Å². The lowest BCUT2D eigenvalue weighted by Gasteiger charge is -2.05. The molecule has 0 bridgehead atoms. The molecule has 3 aromatic rings. The highest BCUT2D eigenvalue weighted by molar-refractivity contribution is 6.01. The van der Waals surface area contributed by atoms with Crippen molar-refractivity contribution in [2.45, 2.75) is 13.3 Å². The van der Waals surface area contributed by atoms with Crippen LogP contribution in [0.1, 0.15) is 16.7 Å². The molecule has 0 atom stereocenters. The number of nitrogens with one attached hydrogen (secondary N) is 2. The first-order valence-electron chi connectivity index (χ1n) is 8.19. The summed E-state index contributed by atoms with van der Waals surface area (Å²) >= 11 is 0. The molecular weight excluding hydrogens is 310 g/mol. The molecule has 0 saturated carbocycles. The van der Waals surface area contributed by atoms with Crippen molar-refractivity contribution < 1.29 is 4.79 Å². The van der Waals surface area contributed by atoms with Gasteiger partial charge in [-0.15, -0.1) is 0 Å². The van der Waals surface area contributed by atoms with Crippen LogP contribution in [0.3, 0.4) is 0 Å². The number of fused-ring (bicyclic) bond motifs is 1. The fourth-order valence-corrected chi connectivity index (χ4v) is 2.80. The lowest BCUT2D eigenvalue weighted by molar-refractivity contribution is -0.117. The molecule has 4 heteroatoms. The van der Waals surface area contributed by atoms with Crippen molar-refractivity contribution in [2.75, 3.05) is 6.54 Å². The Kier molecular flexibility index (Phi) is 4.96. The van der Waals surface area contributed by atoms with Gasteiger partial charge in [-0.25, -0.2) is 0 Å². The van der Waals surface area contributed by atoms with E-state index in [1.54, 1.807) is 6.08 Å². The molecule has 0 aliphatic rings. The van der Waals surface area contributed by atoms with E-state index in [2.05, 4.69) is 16.4 Å². The van der Waals surface area contributed by atoms with Gasteiger partial charge in [-0.1, -0.05) is 42.5 Å². The summed E-state index contributed by atoms with van der Waals surface area (Å²) in [4.78, 5) is 15.5. The Morgan fingerprint density at radius 3 is 2.76 bits per heavy atom. The smallest absolute Gasteiger partial charge is 0.261 e. The molecule has 1 amide bonds. The number of hydrogen-bond acceptors (Lipinski definition) is 2. The monoisotopic (exact) mass is 329 g/mol. The van der Waals surface area contributed by atoms with Crippen LogP contribution in [-0.4, -0.2) is 17.4 Å². The van der Waals surface area contributed by atoms with Crippen molar-refractivity contribution >= 4 is 22.9 Å². The van der Waals surface area contributed by atoms with Gasteiger partial charge in [0.05, 0.1) is 0 Å². The van der Waals surface area contributed by atoms with Gasteiger partial charge in [-0.3, -0.25) is 4.79 Å². The summed E-state index contributed by atoms with van der Waals surface area (Å²) in [5.74, 6) is -0.342. The Morgan fingerprint density at radius 2 is 1.96 bits per heavy atom. The third-order valence-corrected chi connectivity index (χ3v) is 4.21. The van der Waals surface area contributed by atoms with Crippen molar-refractivity contribution in [1.82, 2.24) is 10.3 Å². The van der Waals surface area contributed by atoms with E-state index in [4.69, 9.17) is 0 Å². The number of aromatic nitrogens is 1. The first-order chi connectivity index (χ1) is 12.2. The van der Waals surface area contributed by atoms with Gasteiger partial charge in [0, 0.05) is 23.6 Å². The van der Waals surface area contributed by atoms with E-state index in [9.17, 15) is 10.1 Å². The minimum Gasteiger partial charge on any atom is -0.361 e. The number of nitrogens with zero attached hydrogens (tertiary/aromatic N) is 1. The van der Waals surface area contributed by atoms with Gasteiger partial charge in [0.2, 0.25) is 0 Å². The van der Waals surface area contributed by atoms with Gasteiger partial charge in [-0.2, -0.15) is 5.26 Å². The molecule has 25 heavy (non-hydrogen) atoms. The summed E-state index contributed by atoms with van der Waals surface area (Å²) in [6.07, 6.45) is 4.31. The summed E-state index contributed by atoms with van der Waals surface area (Å²) in [7, 11) is 0. The van der Waals surface area contributed by atoms with Crippen LogP contribution in [0, 0.1) is 18.3 Å². The summed E-state index contributed by atoms with van der Waals surface area (Å²) in [5, 5.41) is 13.3. The van der Waals surface area contributed by atoms with Crippen molar-refractivity contribution in [3.05, 3.63) is 77.0 Å². The second-order valence-electron chi connectivity index (χ2n) is 5.89. The molecular formula is C21H19N3O. The Bertz CT molecular complexity index is 976. The minimum atomic E-state index is -0.342. The molecule has 2 N–H and O–H groups in total. The Balaban J connectivity index is 1.65. The molecule has 0 unspecified atom stereocenters.